The van der Waals surface area contributed by atoms with Crippen LogP contribution in [0.1, 0.15) is 31.7 Å². The number of para-hydroxylation sites is 1. The number of sulfonamides is 1. The predicted octanol–water partition coefficient (Wildman–Crippen LogP) is 2.44. The zero-order chi connectivity index (χ0) is 23.3. The lowest BCUT2D eigenvalue weighted by Gasteiger charge is -2.18. The summed E-state index contributed by atoms with van der Waals surface area (Å²) in [5.41, 5.74) is 1.27. The Morgan fingerprint density at radius 3 is 2.38 bits per heavy atom. The largest absolute Gasteiger partial charge is 0.352 e. The van der Waals surface area contributed by atoms with Crippen molar-refractivity contribution in [2.24, 2.45) is 0 Å². The van der Waals surface area contributed by atoms with Gasteiger partial charge >= 0.3 is 0 Å². The van der Waals surface area contributed by atoms with E-state index in [4.69, 9.17) is 0 Å². The van der Waals surface area contributed by atoms with E-state index in [1.54, 1.807) is 63.2 Å². The molecule has 0 spiro atoms. The number of nitrogens with zero attached hydrogens (tertiary/aromatic N) is 3. The molecular weight excluding hydrogens is 428 g/mol. The second-order valence-electron chi connectivity index (χ2n) is 7.39. The number of rotatable bonds is 9. The molecule has 0 radical (unpaired) electrons. The van der Waals surface area contributed by atoms with Gasteiger partial charge in [0.1, 0.15) is 5.82 Å². The van der Waals surface area contributed by atoms with Crippen LogP contribution in [0.15, 0.2) is 58.2 Å². The van der Waals surface area contributed by atoms with Crippen molar-refractivity contribution in [2.75, 3.05) is 13.1 Å². The summed E-state index contributed by atoms with van der Waals surface area (Å²) in [5.74, 6) is 0.357. The van der Waals surface area contributed by atoms with E-state index in [1.165, 1.54) is 8.87 Å². The van der Waals surface area contributed by atoms with Gasteiger partial charge in [0.25, 0.3) is 5.56 Å². The molecule has 0 aliphatic rings. The van der Waals surface area contributed by atoms with E-state index in [2.05, 4.69) is 10.3 Å². The number of aromatic nitrogens is 2. The molecule has 1 aromatic heterocycles. The summed E-state index contributed by atoms with van der Waals surface area (Å²) in [7, 11) is -3.50. The van der Waals surface area contributed by atoms with Crippen molar-refractivity contribution >= 4 is 26.8 Å². The van der Waals surface area contributed by atoms with Crippen molar-refractivity contribution in [1.82, 2.24) is 19.2 Å². The van der Waals surface area contributed by atoms with Crippen LogP contribution in [0.3, 0.4) is 0 Å². The predicted molar refractivity (Wildman–Crippen MR) is 124 cm³/mol. The molecule has 2 aromatic carbocycles. The Labute approximate surface area is 187 Å². The Balaban J connectivity index is 1.60. The molecular formula is C23H28N4O4S. The van der Waals surface area contributed by atoms with E-state index in [9.17, 15) is 18.0 Å². The second-order valence-corrected chi connectivity index (χ2v) is 9.33. The van der Waals surface area contributed by atoms with Gasteiger partial charge in [-0.25, -0.2) is 13.4 Å². The van der Waals surface area contributed by atoms with Gasteiger partial charge in [0.15, 0.2) is 0 Å². The molecule has 0 saturated carbocycles. The first kappa shape index (κ1) is 23.6. The monoisotopic (exact) mass is 456 g/mol. The zero-order valence-corrected chi connectivity index (χ0v) is 19.4. The first-order chi connectivity index (χ1) is 15.3. The molecule has 1 amide bonds. The van der Waals surface area contributed by atoms with Crippen molar-refractivity contribution in [2.45, 2.75) is 45.2 Å². The molecule has 0 saturated heterocycles. The maximum Gasteiger partial charge on any atom is 0.261 e. The summed E-state index contributed by atoms with van der Waals surface area (Å²) in [6.45, 7) is 6.67. The molecule has 1 heterocycles. The lowest BCUT2D eigenvalue weighted by molar-refractivity contribution is -0.121. The van der Waals surface area contributed by atoms with Crippen LogP contribution < -0.4 is 10.9 Å². The van der Waals surface area contributed by atoms with Gasteiger partial charge in [0, 0.05) is 32.6 Å². The minimum absolute atomic E-state index is 0.134. The molecule has 0 unspecified atom stereocenters. The van der Waals surface area contributed by atoms with Crippen LogP contribution in [0, 0.1) is 6.92 Å². The van der Waals surface area contributed by atoms with E-state index < -0.39 is 10.0 Å². The number of amides is 1. The maximum atomic E-state index is 12.7. The van der Waals surface area contributed by atoms with Gasteiger partial charge in [-0.3, -0.25) is 14.2 Å². The van der Waals surface area contributed by atoms with E-state index in [0.29, 0.717) is 29.8 Å². The minimum Gasteiger partial charge on any atom is -0.352 e. The summed E-state index contributed by atoms with van der Waals surface area (Å²) in [5, 5.41) is 3.34. The quantitative estimate of drug-likeness (QED) is 0.533. The number of hydrogen-bond donors (Lipinski definition) is 1. The van der Waals surface area contributed by atoms with Gasteiger partial charge in [-0.05, 0) is 36.8 Å². The smallest absolute Gasteiger partial charge is 0.261 e. The van der Waals surface area contributed by atoms with E-state index in [1.807, 2.05) is 6.07 Å². The molecule has 3 rings (SSSR count). The van der Waals surface area contributed by atoms with Crippen molar-refractivity contribution in [3.8, 4) is 0 Å². The van der Waals surface area contributed by atoms with E-state index in [0.717, 1.165) is 5.56 Å². The SMILES string of the molecule is CCN(CC)S(=O)(=O)c1ccc(CNC(=O)CCn2c(C)nc3ccccc3c2=O)cc1. The molecule has 0 fully saturated rings. The molecule has 1 N–H and O–H groups in total. The van der Waals surface area contributed by atoms with Crippen LogP contribution in [0.5, 0.6) is 0 Å². The average Bonchev–Trinajstić information content (AvgIpc) is 2.78. The summed E-state index contributed by atoms with van der Waals surface area (Å²) in [6, 6.07) is 13.6. The molecule has 0 atom stereocenters. The van der Waals surface area contributed by atoms with Crippen molar-refractivity contribution in [3.05, 3.63) is 70.3 Å². The van der Waals surface area contributed by atoms with Crippen LogP contribution >= 0.6 is 0 Å². The third-order valence-corrected chi connectivity index (χ3v) is 7.44. The topological polar surface area (TPSA) is 101 Å². The molecule has 170 valence electrons. The fraction of sp³-hybridized carbons (Fsp3) is 0.348. The molecule has 9 heteroatoms. The number of carbonyl (C=O) groups excluding carboxylic acids is 1. The first-order valence-corrected chi connectivity index (χ1v) is 12.0. The lowest BCUT2D eigenvalue weighted by Crippen LogP contribution is -2.30. The molecule has 32 heavy (non-hydrogen) atoms. The minimum atomic E-state index is -3.50. The number of fused-ring (bicyclic) bond motifs is 1. The maximum absolute atomic E-state index is 12.7. The van der Waals surface area contributed by atoms with Gasteiger partial charge < -0.3 is 5.32 Å². The summed E-state index contributed by atoms with van der Waals surface area (Å²) in [4.78, 5) is 29.7. The fourth-order valence-corrected chi connectivity index (χ4v) is 4.99. The van der Waals surface area contributed by atoms with E-state index in [-0.39, 0.29) is 35.9 Å². The fourth-order valence-electron chi connectivity index (χ4n) is 3.54. The summed E-state index contributed by atoms with van der Waals surface area (Å²) < 4.78 is 28.0. The van der Waals surface area contributed by atoms with Crippen molar-refractivity contribution in [3.63, 3.8) is 0 Å². The Morgan fingerprint density at radius 1 is 1.06 bits per heavy atom. The highest BCUT2D eigenvalue weighted by Crippen LogP contribution is 2.16. The van der Waals surface area contributed by atoms with Crippen LogP contribution in [0.4, 0.5) is 0 Å². The van der Waals surface area contributed by atoms with Crippen molar-refractivity contribution in [1.29, 1.82) is 0 Å². The number of benzene rings is 2. The van der Waals surface area contributed by atoms with Gasteiger partial charge in [-0.15, -0.1) is 0 Å². The normalized spacial score (nSPS) is 11.8. The third-order valence-electron chi connectivity index (χ3n) is 5.37. The zero-order valence-electron chi connectivity index (χ0n) is 18.5. The van der Waals surface area contributed by atoms with E-state index >= 15 is 0 Å². The summed E-state index contributed by atoms with van der Waals surface area (Å²) in [6.07, 6.45) is 0.134. The standard InChI is InChI=1S/C23H28N4O4S/c1-4-26(5-2)32(30,31)19-12-10-18(11-13-19)16-24-22(28)14-15-27-17(3)25-21-9-7-6-8-20(21)23(27)29/h6-13H,4-5,14-16H2,1-3H3,(H,24,28). The molecule has 0 aliphatic carbocycles. The Bertz CT molecular complexity index is 1260. The molecule has 0 bridgehead atoms. The highest BCUT2D eigenvalue weighted by molar-refractivity contribution is 7.89. The van der Waals surface area contributed by atoms with Crippen LogP contribution in [0.25, 0.3) is 10.9 Å². The highest BCUT2D eigenvalue weighted by atomic mass is 32.2. The first-order valence-electron chi connectivity index (χ1n) is 10.6. The van der Waals surface area contributed by atoms with Gasteiger partial charge in [-0.2, -0.15) is 4.31 Å². The highest BCUT2D eigenvalue weighted by Gasteiger charge is 2.21. The summed E-state index contributed by atoms with van der Waals surface area (Å²) >= 11 is 0. The van der Waals surface area contributed by atoms with Gasteiger partial charge in [0.2, 0.25) is 15.9 Å². The van der Waals surface area contributed by atoms with Gasteiger partial charge in [-0.1, -0.05) is 38.1 Å². The number of aryl methyl sites for hydroxylation is 1. The lowest BCUT2D eigenvalue weighted by atomic mass is 10.2. The van der Waals surface area contributed by atoms with Crippen LogP contribution in [-0.2, 0) is 27.9 Å². The Hall–Kier alpha value is -3.04. The second kappa shape index (κ2) is 10.1. The van der Waals surface area contributed by atoms with Crippen LogP contribution in [-0.4, -0.2) is 41.3 Å². The molecule has 8 nitrogen and oxygen atoms in total. The average molecular weight is 457 g/mol. The number of carbonyl (C=O) groups is 1. The number of nitrogens with one attached hydrogen (secondary N) is 1. The van der Waals surface area contributed by atoms with Gasteiger partial charge in [0.05, 0.1) is 15.8 Å². The molecule has 3 aromatic rings. The van der Waals surface area contributed by atoms with Crippen molar-refractivity contribution < 1.29 is 13.2 Å². The third kappa shape index (κ3) is 5.05. The molecule has 0 aliphatic heterocycles. The van der Waals surface area contributed by atoms with Crippen LogP contribution in [0.2, 0.25) is 0 Å². The Kier molecular flexibility index (Phi) is 7.42. The Morgan fingerprint density at radius 2 is 1.72 bits per heavy atom. The number of hydrogen-bond acceptors (Lipinski definition) is 5.